The third kappa shape index (κ3) is 4.30. The molecule has 27 heavy (non-hydrogen) atoms. The van der Waals surface area contributed by atoms with Crippen LogP contribution in [-0.4, -0.2) is 26.8 Å². The SMILES string of the molecule is O=C(O)c1ccc(CNc2ncc(C(=O)c3ccc(F)c(F)c3)cn2)cc1. The first-order valence-electron chi connectivity index (χ1n) is 7.82. The summed E-state index contributed by atoms with van der Waals surface area (Å²) in [6.45, 7) is 0.358. The van der Waals surface area contributed by atoms with E-state index in [2.05, 4.69) is 15.3 Å². The number of carbonyl (C=O) groups is 2. The minimum absolute atomic E-state index is 0.00303. The molecule has 0 radical (unpaired) electrons. The zero-order chi connectivity index (χ0) is 19.4. The maximum atomic E-state index is 13.2. The summed E-state index contributed by atoms with van der Waals surface area (Å²) in [5, 5.41) is 11.8. The summed E-state index contributed by atoms with van der Waals surface area (Å²) >= 11 is 0. The molecule has 0 bridgehead atoms. The highest BCUT2D eigenvalue weighted by molar-refractivity contribution is 6.08. The molecular weight excluding hydrogens is 356 g/mol. The lowest BCUT2D eigenvalue weighted by molar-refractivity contribution is 0.0696. The van der Waals surface area contributed by atoms with Crippen molar-refractivity contribution in [3.8, 4) is 0 Å². The first-order chi connectivity index (χ1) is 12.9. The Morgan fingerprint density at radius 2 is 1.52 bits per heavy atom. The van der Waals surface area contributed by atoms with E-state index in [0.29, 0.717) is 6.54 Å². The summed E-state index contributed by atoms with van der Waals surface area (Å²) in [4.78, 5) is 31.1. The quantitative estimate of drug-likeness (QED) is 0.648. The second-order valence-corrected chi connectivity index (χ2v) is 5.61. The van der Waals surface area contributed by atoms with E-state index < -0.39 is 23.4 Å². The molecule has 0 fully saturated rings. The van der Waals surface area contributed by atoms with Crippen molar-refractivity contribution in [2.45, 2.75) is 6.54 Å². The van der Waals surface area contributed by atoms with Gasteiger partial charge in [-0.15, -0.1) is 0 Å². The van der Waals surface area contributed by atoms with Crippen molar-refractivity contribution in [2.75, 3.05) is 5.32 Å². The van der Waals surface area contributed by atoms with Crippen LogP contribution in [0.1, 0.15) is 31.8 Å². The van der Waals surface area contributed by atoms with Gasteiger partial charge in [0, 0.05) is 24.5 Å². The van der Waals surface area contributed by atoms with Gasteiger partial charge in [0.15, 0.2) is 17.4 Å². The van der Waals surface area contributed by atoms with Crippen LogP contribution in [0.5, 0.6) is 0 Å². The first-order valence-corrected chi connectivity index (χ1v) is 7.82. The third-order valence-electron chi connectivity index (χ3n) is 3.75. The number of carboxylic acids is 1. The molecule has 0 aliphatic heterocycles. The van der Waals surface area contributed by atoms with Gasteiger partial charge in [-0.1, -0.05) is 12.1 Å². The Labute approximate surface area is 152 Å². The number of aromatic nitrogens is 2. The second-order valence-electron chi connectivity index (χ2n) is 5.61. The maximum Gasteiger partial charge on any atom is 0.335 e. The van der Waals surface area contributed by atoms with Crippen LogP contribution >= 0.6 is 0 Å². The van der Waals surface area contributed by atoms with Crippen molar-refractivity contribution in [2.24, 2.45) is 0 Å². The fourth-order valence-corrected chi connectivity index (χ4v) is 2.29. The lowest BCUT2D eigenvalue weighted by Gasteiger charge is -2.06. The van der Waals surface area contributed by atoms with Crippen LogP contribution in [0.4, 0.5) is 14.7 Å². The lowest BCUT2D eigenvalue weighted by atomic mass is 10.1. The van der Waals surface area contributed by atoms with Crippen LogP contribution in [0, 0.1) is 11.6 Å². The number of halogens is 2. The molecule has 0 aliphatic carbocycles. The number of carbonyl (C=O) groups excluding carboxylic acids is 1. The highest BCUT2D eigenvalue weighted by Crippen LogP contribution is 2.14. The van der Waals surface area contributed by atoms with Gasteiger partial charge in [-0.2, -0.15) is 0 Å². The van der Waals surface area contributed by atoms with Crippen LogP contribution < -0.4 is 5.32 Å². The van der Waals surface area contributed by atoms with Gasteiger partial charge in [-0.25, -0.2) is 23.5 Å². The molecule has 0 amide bonds. The fraction of sp³-hybridized carbons (Fsp3) is 0.0526. The van der Waals surface area contributed by atoms with E-state index >= 15 is 0 Å². The highest BCUT2D eigenvalue weighted by atomic mass is 19.2. The number of carboxylic acid groups (broad SMARTS) is 1. The summed E-state index contributed by atoms with van der Waals surface area (Å²) in [5.41, 5.74) is 1.15. The predicted octanol–water partition coefficient (Wildman–Crippen LogP) is 3.30. The Morgan fingerprint density at radius 1 is 0.889 bits per heavy atom. The average molecular weight is 369 g/mol. The molecule has 3 aromatic rings. The van der Waals surface area contributed by atoms with Crippen LogP contribution in [0.3, 0.4) is 0 Å². The topological polar surface area (TPSA) is 92.2 Å². The van der Waals surface area contributed by atoms with Gasteiger partial charge in [0.2, 0.25) is 5.95 Å². The van der Waals surface area contributed by atoms with E-state index in [1.807, 2.05) is 0 Å². The maximum absolute atomic E-state index is 13.2. The van der Waals surface area contributed by atoms with Gasteiger partial charge in [0.05, 0.1) is 11.1 Å². The van der Waals surface area contributed by atoms with Crippen molar-refractivity contribution >= 4 is 17.7 Å². The number of hydrogen-bond donors (Lipinski definition) is 2. The van der Waals surface area contributed by atoms with E-state index in [1.54, 1.807) is 12.1 Å². The molecule has 2 aromatic carbocycles. The molecular formula is C19H13F2N3O3. The van der Waals surface area contributed by atoms with Gasteiger partial charge in [-0.05, 0) is 35.9 Å². The van der Waals surface area contributed by atoms with Crippen LogP contribution in [0.2, 0.25) is 0 Å². The molecule has 0 aliphatic rings. The van der Waals surface area contributed by atoms with Gasteiger partial charge >= 0.3 is 5.97 Å². The van der Waals surface area contributed by atoms with Crippen LogP contribution in [0.15, 0.2) is 54.9 Å². The number of hydrogen-bond acceptors (Lipinski definition) is 5. The molecule has 0 atom stereocenters. The van der Waals surface area contributed by atoms with Crippen LogP contribution in [-0.2, 0) is 6.54 Å². The van der Waals surface area contributed by atoms with Crippen molar-refractivity contribution in [3.63, 3.8) is 0 Å². The minimum atomic E-state index is -1.10. The average Bonchev–Trinajstić information content (AvgIpc) is 2.68. The molecule has 0 saturated carbocycles. The normalized spacial score (nSPS) is 10.4. The van der Waals surface area contributed by atoms with Crippen molar-refractivity contribution in [1.82, 2.24) is 9.97 Å². The Balaban J connectivity index is 1.65. The molecule has 3 rings (SSSR count). The number of nitrogens with zero attached hydrogens (tertiary/aromatic N) is 2. The van der Waals surface area contributed by atoms with E-state index in [-0.39, 0.29) is 22.6 Å². The monoisotopic (exact) mass is 369 g/mol. The van der Waals surface area contributed by atoms with Gasteiger partial charge < -0.3 is 10.4 Å². The number of benzene rings is 2. The predicted molar refractivity (Wildman–Crippen MR) is 92.6 cm³/mol. The molecule has 0 saturated heterocycles. The molecule has 136 valence electrons. The standard InChI is InChI=1S/C19H13F2N3O3/c20-15-6-5-13(7-16(15)21)17(25)14-9-23-19(24-10-14)22-8-11-1-3-12(4-2-11)18(26)27/h1-7,9-10H,8H2,(H,26,27)(H,22,23,24). The molecule has 1 heterocycles. The Bertz CT molecular complexity index is 990. The van der Waals surface area contributed by atoms with E-state index in [0.717, 1.165) is 17.7 Å². The van der Waals surface area contributed by atoms with E-state index in [4.69, 9.17) is 5.11 Å². The van der Waals surface area contributed by atoms with E-state index in [9.17, 15) is 18.4 Å². The first kappa shape index (κ1) is 18.1. The molecule has 8 heteroatoms. The molecule has 2 N–H and O–H groups in total. The largest absolute Gasteiger partial charge is 0.478 e. The fourth-order valence-electron chi connectivity index (χ4n) is 2.29. The molecule has 1 aromatic heterocycles. The Hall–Kier alpha value is -3.68. The number of aromatic carboxylic acids is 1. The Morgan fingerprint density at radius 3 is 2.11 bits per heavy atom. The van der Waals surface area contributed by atoms with Gasteiger partial charge in [0.25, 0.3) is 0 Å². The zero-order valence-electron chi connectivity index (χ0n) is 13.8. The summed E-state index contributed by atoms with van der Waals surface area (Å²) in [5.74, 6) is -3.39. The lowest BCUT2D eigenvalue weighted by Crippen LogP contribution is -2.07. The summed E-state index contributed by atoms with van der Waals surface area (Å²) in [6.07, 6.45) is 2.57. The number of ketones is 1. The van der Waals surface area contributed by atoms with Crippen molar-refractivity contribution < 1.29 is 23.5 Å². The number of nitrogens with one attached hydrogen (secondary N) is 1. The summed E-state index contributed by atoms with van der Waals surface area (Å²) < 4.78 is 26.2. The van der Waals surface area contributed by atoms with Crippen molar-refractivity contribution in [1.29, 1.82) is 0 Å². The zero-order valence-corrected chi connectivity index (χ0v) is 13.8. The van der Waals surface area contributed by atoms with Gasteiger partial charge in [-0.3, -0.25) is 4.79 Å². The number of anilines is 1. The second kappa shape index (κ2) is 7.69. The highest BCUT2D eigenvalue weighted by Gasteiger charge is 2.13. The van der Waals surface area contributed by atoms with Crippen molar-refractivity contribution in [3.05, 3.63) is 88.7 Å². The third-order valence-corrected chi connectivity index (χ3v) is 3.75. The molecule has 0 spiro atoms. The smallest absolute Gasteiger partial charge is 0.335 e. The minimum Gasteiger partial charge on any atom is -0.478 e. The van der Waals surface area contributed by atoms with Crippen LogP contribution in [0.25, 0.3) is 0 Å². The van der Waals surface area contributed by atoms with Gasteiger partial charge in [0.1, 0.15) is 0 Å². The molecule has 6 nitrogen and oxygen atoms in total. The Kier molecular flexibility index (Phi) is 5.16. The summed E-state index contributed by atoms with van der Waals surface area (Å²) in [7, 11) is 0. The summed E-state index contributed by atoms with van der Waals surface area (Å²) in [6, 6.07) is 9.20. The molecule has 0 unspecified atom stereocenters. The number of rotatable bonds is 6. The van der Waals surface area contributed by atoms with E-state index in [1.165, 1.54) is 30.6 Å².